The van der Waals surface area contributed by atoms with Gasteiger partial charge in [-0.2, -0.15) is 0 Å². The first-order chi connectivity index (χ1) is 8.97. The number of hydrogen-bond acceptors (Lipinski definition) is 3. The maximum absolute atomic E-state index is 5.99. The zero-order chi connectivity index (χ0) is 14.0. The molecule has 0 aromatic carbocycles. The van der Waals surface area contributed by atoms with Crippen molar-refractivity contribution in [3.63, 3.8) is 0 Å². The molecule has 2 rings (SSSR count). The Balaban J connectivity index is 1.90. The highest BCUT2D eigenvalue weighted by Crippen LogP contribution is 2.22. The molecule has 1 aromatic rings. The first kappa shape index (κ1) is 14.6. The highest BCUT2D eigenvalue weighted by molar-refractivity contribution is 5.20. The fourth-order valence-corrected chi connectivity index (χ4v) is 2.27. The van der Waals surface area contributed by atoms with E-state index in [1.54, 1.807) is 0 Å². The van der Waals surface area contributed by atoms with Crippen LogP contribution in [-0.2, 0) is 13.1 Å². The topological polar surface area (TPSA) is 28.4 Å². The molecule has 1 aliphatic rings. The van der Waals surface area contributed by atoms with E-state index in [0.717, 1.165) is 30.7 Å². The highest BCUT2D eigenvalue weighted by Gasteiger charge is 2.21. The van der Waals surface area contributed by atoms with Gasteiger partial charge >= 0.3 is 0 Å². The number of hydrogen-bond donors (Lipinski definition) is 1. The Labute approximate surface area is 117 Å². The SMILES string of the molecule is Cc1cc(CN(C)C(C)C(C)C)oc1CNC1CC1. The molecule has 1 atom stereocenters. The van der Waals surface area contributed by atoms with Gasteiger partial charge in [-0.3, -0.25) is 4.90 Å². The van der Waals surface area contributed by atoms with Crippen molar-refractivity contribution in [2.75, 3.05) is 7.05 Å². The van der Waals surface area contributed by atoms with E-state index in [4.69, 9.17) is 4.42 Å². The second-order valence-electron chi connectivity index (χ2n) is 6.37. The second-order valence-corrected chi connectivity index (χ2v) is 6.37. The standard InChI is InChI=1S/C16H28N2O/c1-11(2)13(4)18(5)10-15-8-12(3)16(19-15)9-17-14-6-7-14/h8,11,13-14,17H,6-7,9-10H2,1-5H3. The Kier molecular flexibility index (Phi) is 4.69. The quantitative estimate of drug-likeness (QED) is 0.819. The molecule has 0 aliphatic heterocycles. The third kappa shape index (κ3) is 4.08. The molecule has 0 spiro atoms. The van der Waals surface area contributed by atoms with Crippen LogP contribution in [0.2, 0.25) is 0 Å². The molecular weight excluding hydrogens is 236 g/mol. The summed E-state index contributed by atoms with van der Waals surface area (Å²) in [6.07, 6.45) is 2.64. The maximum Gasteiger partial charge on any atom is 0.120 e. The molecule has 19 heavy (non-hydrogen) atoms. The maximum atomic E-state index is 5.99. The van der Waals surface area contributed by atoms with Crippen molar-refractivity contribution < 1.29 is 4.42 Å². The van der Waals surface area contributed by atoms with E-state index in [1.807, 2.05) is 0 Å². The molecular formula is C16H28N2O. The van der Waals surface area contributed by atoms with Crippen molar-refractivity contribution in [3.05, 3.63) is 23.2 Å². The van der Waals surface area contributed by atoms with Crippen molar-refractivity contribution >= 4 is 0 Å². The summed E-state index contributed by atoms with van der Waals surface area (Å²) in [5.74, 6) is 2.85. The molecule has 1 unspecified atom stereocenters. The summed E-state index contributed by atoms with van der Waals surface area (Å²) in [4.78, 5) is 2.36. The molecule has 1 aliphatic carbocycles. The van der Waals surface area contributed by atoms with Crippen LogP contribution < -0.4 is 5.32 Å². The zero-order valence-corrected chi connectivity index (χ0v) is 13.0. The van der Waals surface area contributed by atoms with Crippen LogP contribution in [-0.4, -0.2) is 24.0 Å². The van der Waals surface area contributed by atoms with Gasteiger partial charge in [0, 0.05) is 12.1 Å². The van der Waals surface area contributed by atoms with E-state index >= 15 is 0 Å². The van der Waals surface area contributed by atoms with Crippen molar-refractivity contribution in [1.29, 1.82) is 0 Å². The third-order valence-corrected chi connectivity index (χ3v) is 4.27. The van der Waals surface area contributed by atoms with Gasteiger partial charge in [-0.1, -0.05) is 13.8 Å². The lowest BCUT2D eigenvalue weighted by molar-refractivity contribution is 0.185. The van der Waals surface area contributed by atoms with Gasteiger partial charge in [0.05, 0.1) is 13.1 Å². The van der Waals surface area contributed by atoms with Gasteiger partial charge in [-0.25, -0.2) is 0 Å². The lowest BCUT2D eigenvalue weighted by Crippen LogP contribution is -2.32. The summed E-state index contributed by atoms with van der Waals surface area (Å²) >= 11 is 0. The zero-order valence-electron chi connectivity index (χ0n) is 13.0. The lowest BCUT2D eigenvalue weighted by Gasteiger charge is -2.26. The average Bonchev–Trinajstić information content (AvgIpc) is 3.11. The average molecular weight is 264 g/mol. The lowest BCUT2D eigenvalue weighted by atomic mass is 10.1. The van der Waals surface area contributed by atoms with Crippen LogP contribution in [0.15, 0.2) is 10.5 Å². The van der Waals surface area contributed by atoms with Crippen LogP contribution in [0.3, 0.4) is 0 Å². The van der Waals surface area contributed by atoms with E-state index in [1.165, 1.54) is 18.4 Å². The van der Waals surface area contributed by atoms with Crippen molar-refractivity contribution in [2.24, 2.45) is 5.92 Å². The van der Waals surface area contributed by atoms with Crippen LogP contribution in [0.1, 0.15) is 50.7 Å². The minimum atomic E-state index is 0.568. The second kappa shape index (κ2) is 6.10. The third-order valence-electron chi connectivity index (χ3n) is 4.27. The molecule has 0 radical (unpaired) electrons. The van der Waals surface area contributed by atoms with Gasteiger partial charge in [0.25, 0.3) is 0 Å². The molecule has 1 heterocycles. The summed E-state index contributed by atoms with van der Waals surface area (Å²) < 4.78 is 5.99. The Morgan fingerprint density at radius 3 is 2.63 bits per heavy atom. The first-order valence-electron chi connectivity index (χ1n) is 7.49. The predicted molar refractivity (Wildman–Crippen MR) is 79.1 cm³/mol. The first-order valence-corrected chi connectivity index (χ1v) is 7.49. The van der Waals surface area contributed by atoms with E-state index in [0.29, 0.717) is 12.0 Å². The molecule has 108 valence electrons. The number of rotatable bonds is 7. The molecule has 1 fully saturated rings. The minimum Gasteiger partial charge on any atom is -0.463 e. The number of aryl methyl sites for hydroxylation is 1. The Morgan fingerprint density at radius 1 is 1.37 bits per heavy atom. The number of nitrogens with zero attached hydrogens (tertiary/aromatic N) is 1. The number of furan rings is 1. The van der Waals surface area contributed by atoms with Gasteiger partial charge in [0.2, 0.25) is 0 Å². The summed E-state index contributed by atoms with van der Waals surface area (Å²) in [7, 11) is 2.17. The summed E-state index contributed by atoms with van der Waals surface area (Å²) in [5.41, 5.74) is 1.27. The Morgan fingerprint density at radius 2 is 2.05 bits per heavy atom. The van der Waals surface area contributed by atoms with Crippen LogP contribution in [0.4, 0.5) is 0 Å². The van der Waals surface area contributed by atoms with E-state index in [9.17, 15) is 0 Å². The normalized spacial score (nSPS) is 17.4. The monoisotopic (exact) mass is 264 g/mol. The summed E-state index contributed by atoms with van der Waals surface area (Å²) in [5, 5.41) is 3.51. The molecule has 1 N–H and O–H groups in total. The molecule has 0 amide bonds. The van der Waals surface area contributed by atoms with E-state index in [-0.39, 0.29) is 0 Å². The van der Waals surface area contributed by atoms with Gasteiger partial charge in [0.1, 0.15) is 11.5 Å². The summed E-state index contributed by atoms with van der Waals surface area (Å²) in [6.45, 7) is 10.7. The molecule has 0 saturated heterocycles. The molecule has 1 aromatic heterocycles. The number of nitrogens with one attached hydrogen (secondary N) is 1. The van der Waals surface area contributed by atoms with E-state index in [2.05, 4.69) is 51.0 Å². The van der Waals surface area contributed by atoms with Crippen LogP contribution >= 0.6 is 0 Å². The van der Waals surface area contributed by atoms with Crippen molar-refractivity contribution in [2.45, 2.75) is 65.7 Å². The highest BCUT2D eigenvalue weighted by atomic mass is 16.3. The van der Waals surface area contributed by atoms with Crippen molar-refractivity contribution in [1.82, 2.24) is 10.2 Å². The van der Waals surface area contributed by atoms with Gasteiger partial charge in [-0.05, 0) is 51.3 Å². The fraction of sp³-hybridized carbons (Fsp3) is 0.750. The van der Waals surface area contributed by atoms with Crippen LogP contribution in [0.5, 0.6) is 0 Å². The van der Waals surface area contributed by atoms with Crippen molar-refractivity contribution in [3.8, 4) is 0 Å². The molecule has 1 saturated carbocycles. The Bertz CT molecular complexity index is 407. The molecule has 0 bridgehead atoms. The molecule has 3 heteroatoms. The van der Waals surface area contributed by atoms with Gasteiger partial charge in [0.15, 0.2) is 0 Å². The smallest absolute Gasteiger partial charge is 0.120 e. The largest absolute Gasteiger partial charge is 0.463 e. The minimum absolute atomic E-state index is 0.568. The Hall–Kier alpha value is -0.800. The van der Waals surface area contributed by atoms with Gasteiger partial charge in [-0.15, -0.1) is 0 Å². The van der Waals surface area contributed by atoms with Crippen LogP contribution in [0.25, 0.3) is 0 Å². The van der Waals surface area contributed by atoms with Gasteiger partial charge < -0.3 is 9.73 Å². The van der Waals surface area contributed by atoms with Crippen LogP contribution in [0, 0.1) is 12.8 Å². The molecule has 3 nitrogen and oxygen atoms in total. The summed E-state index contributed by atoms with van der Waals surface area (Å²) in [6, 6.07) is 3.49. The van der Waals surface area contributed by atoms with E-state index < -0.39 is 0 Å². The fourth-order valence-electron chi connectivity index (χ4n) is 2.27. The predicted octanol–water partition coefficient (Wildman–Crippen LogP) is 3.32.